The van der Waals surface area contributed by atoms with Gasteiger partial charge >= 0.3 is 0 Å². The van der Waals surface area contributed by atoms with Crippen LogP contribution < -0.4 is 16.0 Å². The van der Waals surface area contributed by atoms with Crippen LogP contribution in [0.5, 0.6) is 0 Å². The number of para-hydroxylation sites is 1. The summed E-state index contributed by atoms with van der Waals surface area (Å²) in [6.45, 7) is 5.89. The highest BCUT2D eigenvalue weighted by molar-refractivity contribution is 8.00. The van der Waals surface area contributed by atoms with Crippen molar-refractivity contribution in [1.29, 1.82) is 0 Å². The number of benzene rings is 4. The van der Waals surface area contributed by atoms with Crippen LogP contribution in [0.15, 0.2) is 102 Å². The molecule has 4 aromatic carbocycles. The molecular formula is C34H31Cl2N3O3S. The fraction of sp³-hybridized carbons (Fsp3) is 0.147. The summed E-state index contributed by atoms with van der Waals surface area (Å²) in [5.74, 6) is -1.10. The third kappa shape index (κ3) is 8.51. The number of thioether (sulfide) groups is 1. The molecule has 0 bridgehead atoms. The molecule has 3 N–H and O–H groups in total. The van der Waals surface area contributed by atoms with Gasteiger partial charge < -0.3 is 16.0 Å². The molecule has 0 radical (unpaired) electrons. The first-order valence-corrected chi connectivity index (χ1v) is 15.3. The zero-order chi connectivity index (χ0) is 30.9. The van der Waals surface area contributed by atoms with Gasteiger partial charge in [-0.05, 0) is 79.4 Å². The topological polar surface area (TPSA) is 87.3 Å². The van der Waals surface area contributed by atoms with Gasteiger partial charge in [-0.2, -0.15) is 0 Å². The van der Waals surface area contributed by atoms with Gasteiger partial charge in [0.25, 0.3) is 11.8 Å². The highest BCUT2D eigenvalue weighted by atomic mass is 35.5. The normalized spacial score (nSPS) is 11.9. The van der Waals surface area contributed by atoms with Crippen molar-refractivity contribution in [2.24, 2.45) is 0 Å². The first-order valence-electron chi connectivity index (χ1n) is 13.6. The zero-order valence-corrected chi connectivity index (χ0v) is 26.2. The maximum atomic E-state index is 13.5. The number of hydrogen-bond acceptors (Lipinski definition) is 4. The molecule has 0 heterocycles. The quantitative estimate of drug-likeness (QED) is 0.121. The Hall–Kier alpha value is -4.04. The lowest BCUT2D eigenvalue weighted by Crippen LogP contribution is -2.30. The molecule has 1 atom stereocenters. The number of anilines is 2. The van der Waals surface area contributed by atoms with E-state index in [1.54, 1.807) is 66.7 Å². The van der Waals surface area contributed by atoms with E-state index in [0.717, 1.165) is 21.7 Å². The number of amides is 3. The first-order chi connectivity index (χ1) is 20.7. The van der Waals surface area contributed by atoms with E-state index in [0.29, 0.717) is 28.3 Å². The molecule has 0 fully saturated rings. The van der Waals surface area contributed by atoms with E-state index < -0.39 is 11.8 Å². The van der Waals surface area contributed by atoms with Crippen molar-refractivity contribution in [1.82, 2.24) is 5.32 Å². The van der Waals surface area contributed by atoms with Crippen LogP contribution in [0.3, 0.4) is 0 Å². The summed E-state index contributed by atoms with van der Waals surface area (Å²) in [5, 5.41) is 8.86. The Kier molecular flexibility index (Phi) is 11.1. The van der Waals surface area contributed by atoms with Crippen LogP contribution in [0.25, 0.3) is 6.08 Å². The maximum absolute atomic E-state index is 13.5. The summed E-state index contributed by atoms with van der Waals surface area (Å²) < 4.78 is 0. The number of hydrogen-bond donors (Lipinski definition) is 3. The molecule has 3 amide bonds. The van der Waals surface area contributed by atoms with E-state index in [9.17, 15) is 14.4 Å². The van der Waals surface area contributed by atoms with E-state index >= 15 is 0 Å². The van der Waals surface area contributed by atoms with Crippen LogP contribution in [0.4, 0.5) is 11.4 Å². The lowest BCUT2D eigenvalue weighted by molar-refractivity contribution is -0.116. The number of carbonyl (C=O) groups is 3. The summed E-state index contributed by atoms with van der Waals surface area (Å²) in [6.07, 6.45) is 2.09. The van der Waals surface area contributed by atoms with Gasteiger partial charge in [0.15, 0.2) is 0 Å². The van der Waals surface area contributed by atoms with Crippen LogP contribution in [-0.4, -0.2) is 23.0 Å². The molecule has 1 unspecified atom stereocenters. The molecule has 9 heteroatoms. The predicted molar refractivity (Wildman–Crippen MR) is 178 cm³/mol. The summed E-state index contributed by atoms with van der Waals surface area (Å²) in [7, 11) is 0. The van der Waals surface area contributed by atoms with Gasteiger partial charge in [0.05, 0.1) is 15.3 Å². The average Bonchev–Trinajstić information content (AvgIpc) is 3.00. The Morgan fingerprint density at radius 2 is 1.51 bits per heavy atom. The summed E-state index contributed by atoms with van der Waals surface area (Å²) in [4.78, 5) is 40.5. The molecule has 220 valence electrons. The van der Waals surface area contributed by atoms with Gasteiger partial charge in [0.2, 0.25) is 5.91 Å². The molecule has 6 nitrogen and oxygen atoms in total. The maximum Gasteiger partial charge on any atom is 0.272 e. The second-order valence-corrected chi connectivity index (χ2v) is 11.8. The highest BCUT2D eigenvalue weighted by Crippen LogP contribution is 2.30. The van der Waals surface area contributed by atoms with E-state index in [-0.39, 0.29) is 21.9 Å². The molecule has 43 heavy (non-hydrogen) atoms. The standard InChI is InChI=1S/C34H31Cl2N3O3S/c1-4-29(34(42)39-31-21(2)11-8-12-22(31)3)43-26-17-10-16-25(20-26)37-33(41)28(19-24-15-9-18-27(35)30(24)36)38-32(40)23-13-6-5-7-14-23/h5-20,29H,4H2,1-3H3,(H,37,41)(H,38,40)(H,39,42)/b28-19+. The number of rotatable bonds is 10. The van der Waals surface area contributed by atoms with Crippen molar-refractivity contribution in [3.8, 4) is 0 Å². The lowest BCUT2D eigenvalue weighted by Gasteiger charge is -2.18. The average molecular weight is 633 g/mol. The van der Waals surface area contributed by atoms with Crippen molar-refractivity contribution in [2.45, 2.75) is 37.3 Å². The highest BCUT2D eigenvalue weighted by Gasteiger charge is 2.21. The smallest absolute Gasteiger partial charge is 0.272 e. The fourth-order valence-electron chi connectivity index (χ4n) is 4.28. The molecule has 0 spiro atoms. The fourth-order valence-corrected chi connectivity index (χ4v) is 5.65. The Morgan fingerprint density at radius 1 is 0.837 bits per heavy atom. The molecule has 0 saturated heterocycles. The van der Waals surface area contributed by atoms with Gasteiger partial charge in [-0.15, -0.1) is 11.8 Å². The first kappa shape index (κ1) is 31.9. The van der Waals surface area contributed by atoms with Crippen molar-refractivity contribution < 1.29 is 14.4 Å². The van der Waals surface area contributed by atoms with Gasteiger partial charge in [-0.25, -0.2) is 0 Å². The minimum Gasteiger partial charge on any atom is -0.325 e. The third-order valence-electron chi connectivity index (χ3n) is 6.57. The van der Waals surface area contributed by atoms with Crippen LogP contribution in [0, 0.1) is 13.8 Å². The van der Waals surface area contributed by atoms with Gasteiger partial charge in [0, 0.05) is 21.8 Å². The minimum atomic E-state index is -0.553. The molecule has 0 aliphatic rings. The van der Waals surface area contributed by atoms with Crippen LogP contribution >= 0.6 is 35.0 Å². The minimum absolute atomic E-state index is 0.0181. The molecular weight excluding hydrogens is 601 g/mol. The zero-order valence-electron chi connectivity index (χ0n) is 23.9. The van der Waals surface area contributed by atoms with E-state index in [1.807, 2.05) is 45.0 Å². The lowest BCUT2D eigenvalue weighted by atomic mass is 10.1. The Labute approximate surface area is 265 Å². The monoisotopic (exact) mass is 631 g/mol. The molecule has 0 saturated carbocycles. The van der Waals surface area contributed by atoms with Crippen molar-refractivity contribution in [3.05, 3.63) is 129 Å². The van der Waals surface area contributed by atoms with Gasteiger partial charge in [0.1, 0.15) is 5.70 Å². The van der Waals surface area contributed by atoms with E-state index in [2.05, 4.69) is 16.0 Å². The Bertz CT molecular complexity index is 1650. The molecule has 0 aliphatic heterocycles. The molecule has 4 rings (SSSR count). The molecule has 0 aromatic heterocycles. The Morgan fingerprint density at radius 3 is 2.21 bits per heavy atom. The molecule has 0 aliphatic carbocycles. The summed E-state index contributed by atoms with van der Waals surface area (Å²) in [5.41, 5.74) is 4.16. The second-order valence-electron chi connectivity index (χ2n) is 9.77. The number of halogens is 2. The van der Waals surface area contributed by atoms with Crippen LogP contribution in [0.2, 0.25) is 10.0 Å². The Balaban J connectivity index is 1.54. The van der Waals surface area contributed by atoms with E-state index in [4.69, 9.17) is 23.2 Å². The van der Waals surface area contributed by atoms with Gasteiger partial charge in [-0.3, -0.25) is 14.4 Å². The predicted octanol–water partition coefficient (Wildman–Crippen LogP) is 8.53. The van der Waals surface area contributed by atoms with Gasteiger partial charge in [-0.1, -0.05) is 84.7 Å². The largest absolute Gasteiger partial charge is 0.325 e. The van der Waals surface area contributed by atoms with Crippen LogP contribution in [-0.2, 0) is 9.59 Å². The SMILES string of the molecule is CCC(Sc1cccc(NC(=O)/C(=C\c2cccc(Cl)c2Cl)NC(=O)c2ccccc2)c1)C(=O)Nc1c(C)cccc1C. The number of aryl methyl sites for hydroxylation is 2. The van der Waals surface area contributed by atoms with Crippen molar-refractivity contribution in [3.63, 3.8) is 0 Å². The van der Waals surface area contributed by atoms with Crippen molar-refractivity contribution in [2.75, 3.05) is 10.6 Å². The second kappa shape index (κ2) is 14.9. The number of carbonyl (C=O) groups excluding carboxylic acids is 3. The third-order valence-corrected chi connectivity index (χ3v) is 8.76. The summed E-state index contributed by atoms with van der Waals surface area (Å²) >= 11 is 14.0. The van der Waals surface area contributed by atoms with Crippen LogP contribution in [0.1, 0.15) is 40.4 Å². The van der Waals surface area contributed by atoms with Crippen molar-refractivity contribution >= 4 is 70.1 Å². The van der Waals surface area contributed by atoms with E-state index in [1.165, 1.54) is 17.8 Å². The number of nitrogens with one attached hydrogen (secondary N) is 3. The molecule has 4 aromatic rings. The summed E-state index contributed by atoms with van der Waals surface area (Å²) in [6, 6.07) is 26.7.